The zero-order valence-corrected chi connectivity index (χ0v) is 7.10. The van der Waals surface area contributed by atoms with Crippen molar-refractivity contribution in [3.8, 4) is 17.6 Å². The maximum Gasteiger partial charge on any atom is 0.193 e. The molecule has 0 saturated heterocycles. The summed E-state index contributed by atoms with van der Waals surface area (Å²) >= 11 is 5.49. The Kier molecular flexibility index (Phi) is 2.88. The SMILES string of the molecule is O=CC#Cc1cc(Cl)cc(F)c1O. The molecule has 66 valence electrons. The van der Waals surface area contributed by atoms with E-state index in [1.165, 1.54) is 6.07 Å². The molecule has 2 nitrogen and oxygen atoms in total. The Bertz CT molecular complexity index is 404. The third-order valence-electron chi connectivity index (χ3n) is 1.29. The van der Waals surface area contributed by atoms with Gasteiger partial charge in [-0.1, -0.05) is 17.5 Å². The predicted octanol–water partition coefficient (Wildman–Crippen LogP) is 1.74. The monoisotopic (exact) mass is 198 g/mol. The summed E-state index contributed by atoms with van der Waals surface area (Å²) in [6.45, 7) is 0. The number of hydrogen-bond donors (Lipinski definition) is 1. The molecule has 4 heteroatoms. The normalized spacial score (nSPS) is 8.77. The lowest BCUT2D eigenvalue weighted by molar-refractivity contribution is -0.103. The van der Waals surface area contributed by atoms with Crippen LogP contribution in [0.15, 0.2) is 12.1 Å². The lowest BCUT2D eigenvalue weighted by Crippen LogP contribution is -1.82. The van der Waals surface area contributed by atoms with E-state index in [9.17, 15) is 9.18 Å². The third-order valence-corrected chi connectivity index (χ3v) is 1.51. The average Bonchev–Trinajstić information content (AvgIpc) is 2.09. The van der Waals surface area contributed by atoms with Crippen LogP contribution in [0, 0.1) is 17.7 Å². The van der Waals surface area contributed by atoms with Crippen molar-refractivity contribution < 1.29 is 14.3 Å². The maximum absolute atomic E-state index is 12.8. The number of halogens is 2. The van der Waals surface area contributed by atoms with Crippen LogP contribution in [0.5, 0.6) is 5.75 Å². The Balaban J connectivity index is 3.28. The molecule has 0 amide bonds. The fourth-order valence-corrected chi connectivity index (χ4v) is 0.973. The molecule has 0 saturated carbocycles. The molecule has 1 aromatic rings. The van der Waals surface area contributed by atoms with Crippen LogP contribution in [-0.2, 0) is 4.79 Å². The van der Waals surface area contributed by atoms with Gasteiger partial charge in [-0.15, -0.1) is 0 Å². The van der Waals surface area contributed by atoms with Gasteiger partial charge in [0.25, 0.3) is 0 Å². The highest BCUT2D eigenvalue weighted by molar-refractivity contribution is 6.30. The fourth-order valence-electron chi connectivity index (χ4n) is 0.768. The van der Waals surface area contributed by atoms with Gasteiger partial charge < -0.3 is 5.11 Å². The summed E-state index contributed by atoms with van der Waals surface area (Å²) in [6.07, 6.45) is 0.345. The molecule has 0 aromatic heterocycles. The van der Waals surface area contributed by atoms with Gasteiger partial charge in [0.1, 0.15) is 0 Å². The number of carbonyl (C=O) groups excluding carboxylic acids is 1. The van der Waals surface area contributed by atoms with Crippen molar-refractivity contribution >= 4 is 17.9 Å². The molecule has 1 rings (SSSR count). The molecular weight excluding hydrogens is 195 g/mol. The number of rotatable bonds is 0. The van der Waals surface area contributed by atoms with Gasteiger partial charge >= 0.3 is 0 Å². The largest absolute Gasteiger partial charge is 0.504 e. The zero-order valence-electron chi connectivity index (χ0n) is 6.34. The Morgan fingerprint density at radius 3 is 2.85 bits per heavy atom. The topological polar surface area (TPSA) is 37.3 Å². The van der Waals surface area contributed by atoms with E-state index in [1.54, 1.807) is 0 Å². The first-order chi connectivity index (χ1) is 6.15. The van der Waals surface area contributed by atoms with E-state index in [4.69, 9.17) is 16.7 Å². The Labute approximate surface area is 79.0 Å². The second kappa shape index (κ2) is 3.92. The first kappa shape index (κ1) is 9.56. The van der Waals surface area contributed by atoms with Crippen molar-refractivity contribution in [3.63, 3.8) is 0 Å². The Hall–Kier alpha value is -1.53. The van der Waals surface area contributed by atoms with Crippen LogP contribution >= 0.6 is 11.6 Å². The lowest BCUT2D eigenvalue weighted by atomic mass is 10.2. The van der Waals surface area contributed by atoms with Crippen LogP contribution in [0.3, 0.4) is 0 Å². The van der Waals surface area contributed by atoms with Crippen molar-refractivity contribution in [3.05, 3.63) is 28.5 Å². The molecule has 0 aliphatic carbocycles. The minimum atomic E-state index is -0.859. The molecule has 0 spiro atoms. The zero-order chi connectivity index (χ0) is 9.84. The van der Waals surface area contributed by atoms with E-state index in [2.05, 4.69) is 5.92 Å². The summed E-state index contributed by atoms with van der Waals surface area (Å²) in [5, 5.41) is 9.21. The number of benzene rings is 1. The first-order valence-corrected chi connectivity index (χ1v) is 3.66. The Morgan fingerprint density at radius 2 is 2.23 bits per heavy atom. The van der Waals surface area contributed by atoms with Crippen LogP contribution in [0.25, 0.3) is 0 Å². The number of aromatic hydroxyl groups is 1. The molecule has 0 aliphatic heterocycles. The summed E-state index contributed by atoms with van der Waals surface area (Å²) in [4.78, 5) is 9.88. The Morgan fingerprint density at radius 1 is 1.54 bits per heavy atom. The molecule has 1 N–H and O–H groups in total. The number of phenols is 1. The summed E-state index contributed by atoms with van der Waals surface area (Å²) in [5.74, 6) is 2.84. The van der Waals surface area contributed by atoms with Crippen LogP contribution in [-0.4, -0.2) is 11.4 Å². The van der Waals surface area contributed by atoms with E-state index >= 15 is 0 Å². The summed E-state index contributed by atoms with van der Waals surface area (Å²) < 4.78 is 12.8. The second-order valence-electron chi connectivity index (χ2n) is 2.17. The molecule has 0 heterocycles. The van der Waals surface area contributed by atoms with Gasteiger partial charge in [-0.3, -0.25) is 4.79 Å². The van der Waals surface area contributed by atoms with Crippen LogP contribution < -0.4 is 0 Å². The molecule has 0 fully saturated rings. The molecule has 0 bridgehead atoms. The van der Waals surface area contributed by atoms with Gasteiger partial charge in [-0.2, -0.15) is 0 Å². The molecule has 0 unspecified atom stereocenters. The van der Waals surface area contributed by atoms with Crippen molar-refractivity contribution in [2.24, 2.45) is 0 Å². The molecule has 0 atom stereocenters. The lowest BCUT2D eigenvalue weighted by Gasteiger charge is -1.98. The van der Waals surface area contributed by atoms with Crippen molar-refractivity contribution in [1.82, 2.24) is 0 Å². The summed E-state index contributed by atoms with van der Waals surface area (Å²) in [7, 11) is 0. The number of hydrogen-bond acceptors (Lipinski definition) is 2. The van der Waals surface area contributed by atoms with Gasteiger partial charge in [0, 0.05) is 5.02 Å². The molecule has 1 aromatic carbocycles. The molecule has 13 heavy (non-hydrogen) atoms. The first-order valence-electron chi connectivity index (χ1n) is 3.28. The van der Waals surface area contributed by atoms with Crippen molar-refractivity contribution in [1.29, 1.82) is 0 Å². The summed E-state index contributed by atoms with van der Waals surface area (Å²) in [6, 6.07) is 2.24. The van der Waals surface area contributed by atoms with E-state index in [1.807, 2.05) is 5.92 Å². The molecule has 0 aliphatic rings. The van der Waals surface area contributed by atoms with E-state index in [0.717, 1.165) is 6.07 Å². The van der Waals surface area contributed by atoms with Crippen LogP contribution in [0.1, 0.15) is 5.56 Å². The van der Waals surface area contributed by atoms with Gasteiger partial charge in [-0.25, -0.2) is 4.39 Å². The highest BCUT2D eigenvalue weighted by Gasteiger charge is 2.06. The predicted molar refractivity (Wildman–Crippen MR) is 46.0 cm³/mol. The highest BCUT2D eigenvalue weighted by atomic mass is 35.5. The van der Waals surface area contributed by atoms with E-state index in [0.29, 0.717) is 6.29 Å². The smallest absolute Gasteiger partial charge is 0.193 e. The van der Waals surface area contributed by atoms with Crippen molar-refractivity contribution in [2.45, 2.75) is 0 Å². The number of carbonyl (C=O) groups is 1. The van der Waals surface area contributed by atoms with Gasteiger partial charge in [0.15, 0.2) is 17.9 Å². The number of aldehydes is 1. The van der Waals surface area contributed by atoms with Crippen LogP contribution in [0.2, 0.25) is 5.02 Å². The third kappa shape index (κ3) is 2.20. The summed E-state index contributed by atoms with van der Waals surface area (Å²) in [5.41, 5.74) is -0.00269. The van der Waals surface area contributed by atoms with E-state index < -0.39 is 11.6 Å². The van der Waals surface area contributed by atoms with Gasteiger partial charge in [-0.05, 0) is 18.1 Å². The molecule has 0 radical (unpaired) electrons. The minimum absolute atomic E-state index is 0.00269. The van der Waals surface area contributed by atoms with Crippen LogP contribution in [0.4, 0.5) is 4.39 Å². The van der Waals surface area contributed by atoms with Gasteiger partial charge in [0.05, 0.1) is 5.56 Å². The van der Waals surface area contributed by atoms with Crippen molar-refractivity contribution in [2.75, 3.05) is 0 Å². The highest BCUT2D eigenvalue weighted by Crippen LogP contribution is 2.24. The fraction of sp³-hybridized carbons (Fsp3) is 0. The maximum atomic E-state index is 12.8. The minimum Gasteiger partial charge on any atom is -0.504 e. The van der Waals surface area contributed by atoms with Gasteiger partial charge in [0.2, 0.25) is 0 Å². The average molecular weight is 199 g/mol. The quantitative estimate of drug-likeness (QED) is 0.509. The number of phenolic OH excluding ortho intramolecular Hbond substituents is 1. The van der Waals surface area contributed by atoms with E-state index in [-0.39, 0.29) is 10.6 Å². The standard InChI is InChI=1S/C9H4ClFO2/c10-7-4-6(2-1-3-12)9(13)8(11)5-7/h3-5,13H. The molecular formula is C9H4ClFO2. The second-order valence-corrected chi connectivity index (χ2v) is 2.61.